The van der Waals surface area contributed by atoms with E-state index in [9.17, 15) is 10.1 Å². The van der Waals surface area contributed by atoms with Gasteiger partial charge in [-0.3, -0.25) is 15.4 Å². The van der Waals surface area contributed by atoms with Crippen molar-refractivity contribution in [2.24, 2.45) is 5.92 Å². The average Bonchev–Trinajstić information content (AvgIpc) is 2.04. The van der Waals surface area contributed by atoms with Crippen molar-refractivity contribution < 1.29 is 4.92 Å². The zero-order chi connectivity index (χ0) is 9.14. The number of nitro groups is 1. The van der Waals surface area contributed by atoms with Crippen LogP contribution in [0.3, 0.4) is 0 Å². The predicted molar refractivity (Wildman–Crippen MR) is 46.4 cm³/mol. The Balaban J connectivity index is 2.46. The quantitative estimate of drug-likeness (QED) is 0.506. The van der Waals surface area contributed by atoms with Gasteiger partial charge in [-0.25, -0.2) is 0 Å². The van der Waals surface area contributed by atoms with Gasteiger partial charge in [0.1, 0.15) is 0 Å². The van der Waals surface area contributed by atoms with Crippen LogP contribution in [0, 0.1) is 16.0 Å². The fourth-order valence-corrected chi connectivity index (χ4v) is 1.64. The van der Waals surface area contributed by atoms with Crippen molar-refractivity contribution >= 4 is 0 Å². The molecule has 0 amide bonds. The van der Waals surface area contributed by atoms with Crippen LogP contribution in [0.4, 0.5) is 0 Å². The smallest absolute Gasteiger partial charge is 0.263 e. The maximum atomic E-state index is 10.5. The summed E-state index contributed by atoms with van der Waals surface area (Å²) < 4.78 is 0. The second kappa shape index (κ2) is 3.85. The molecule has 0 aromatic carbocycles. The summed E-state index contributed by atoms with van der Waals surface area (Å²) >= 11 is 0. The second-order valence-electron chi connectivity index (χ2n) is 3.75. The van der Waals surface area contributed by atoms with Gasteiger partial charge in [0, 0.05) is 17.4 Å². The minimum atomic E-state index is -0.508. The summed E-state index contributed by atoms with van der Waals surface area (Å²) in [4.78, 5) is 10.3. The Morgan fingerprint density at radius 1 is 1.50 bits per heavy atom. The SMILES string of the molecule is CC(C)C1CCCC([N+](=O)[O-])N1. The van der Waals surface area contributed by atoms with E-state index < -0.39 is 6.17 Å². The van der Waals surface area contributed by atoms with Crippen molar-refractivity contribution in [3.63, 3.8) is 0 Å². The van der Waals surface area contributed by atoms with Gasteiger partial charge in [0.2, 0.25) is 0 Å². The average molecular weight is 172 g/mol. The molecule has 1 rings (SSSR count). The summed E-state index contributed by atoms with van der Waals surface area (Å²) in [5, 5.41) is 13.5. The molecule has 4 heteroatoms. The van der Waals surface area contributed by atoms with E-state index in [4.69, 9.17) is 0 Å². The molecule has 2 atom stereocenters. The van der Waals surface area contributed by atoms with Crippen molar-refractivity contribution in [3.8, 4) is 0 Å². The Labute approximate surface area is 72.5 Å². The highest BCUT2D eigenvalue weighted by atomic mass is 16.6. The van der Waals surface area contributed by atoms with Gasteiger partial charge in [-0.2, -0.15) is 0 Å². The van der Waals surface area contributed by atoms with Gasteiger partial charge in [-0.1, -0.05) is 13.8 Å². The fourth-order valence-electron chi connectivity index (χ4n) is 1.64. The Kier molecular flexibility index (Phi) is 3.03. The highest BCUT2D eigenvalue weighted by Gasteiger charge is 2.29. The van der Waals surface area contributed by atoms with Crippen LogP contribution in [0.1, 0.15) is 33.1 Å². The number of hydrogen-bond donors (Lipinski definition) is 1. The molecular formula is C8H16N2O2. The van der Waals surface area contributed by atoms with Crippen LogP contribution >= 0.6 is 0 Å². The molecule has 1 saturated heterocycles. The lowest BCUT2D eigenvalue weighted by molar-refractivity contribution is -0.534. The van der Waals surface area contributed by atoms with E-state index in [1.54, 1.807) is 0 Å². The normalized spacial score (nSPS) is 30.6. The first-order valence-corrected chi connectivity index (χ1v) is 4.51. The lowest BCUT2D eigenvalue weighted by Gasteiger charge is -2.28. The van der Waals surface area contributed by atoms with Gasteiger partial charge in [0.25, 0.3) is 6.17 Å². The first-order chi connectivity index (χ1) is 5.61. The Morgan fingerprint density at radius 2 is 2.17 bits per heavy atom. The van der Waals surface area contributed by atoms with E-state index in [1.165, 1.54) is 0 Å². The van der Waals surface area contributed by atoms with Crippen LogP contribution < -0.4 is 5.32 Å². The topological polar surface area (TPSA) is 55.2 Å². The van der Waals surface area contributed by atoms with Crippen LogP contribution in [0.15, 0.2) is 0 Å². The lowest BCUT2D eigenvalue weighted by atomic mass is 9.94. The van der Waals surface area contributed by atoms with Gasteiger partial charge in [-0.15, -0.1) is 0 Å². The molecule has 70 valence electrons. The molecule has 0 saturated carbocycles. The minimum absolute atomic E-state index is 0.214. The van der Waals surface area contributed by atoms with Gasteiger partial charge in [0.05, 0.1) is 0 Å². The molecule has 0 radical (unpaired) electrons. The van der Waals surface area contributed by atoms with E-state index in [-0.39, 0.29) is 4.92 Å². The minimum Gasteiger partial charge on any atom is -0.263 e. The van der Waals surface area contributed by atoms with Crippen molar-refractivity contribution in [1.82, 2.24) is 5.32 Å². The largest absolute Gasteiger partial charge is 0.266 e. The van der Waals surface area contributed by atoms with Gasteiger partial charge < -0.3 is 0 Å². The Bertz CT molecular complexity index is 170. The summed E-state index contributed by atoms with van der Waals surface area (Å²) in [6.07, 6.45) is 2.21. The summed E-state index contributed by atoms with van der Waals surface area (Å²) in [5.41, 5.74) is 0. The van der Waals surface area contributed by atoms with Crippen LogP contribution in [0.5, 0.6) is 0 Å². The maximum absolute atomic E-state index is 10.5. The number of piperidine rings is 1. The molecule has 4 nitrogen and oxygen atoms in total. The third-order valence-electron chi connectivity index (χ3n) is 2.46. The van der Waals surface area contributed by atoms with Crippen LogP contribution in [-0.4, -0.2) is 17.1 Å². The van der Waals surface area contributed by atoms with Crippen LogP contribution in [-0.2, 0) is 0 Å². The number of nitrogens with one attached hydrogen (secondary N) is 1. The van der Waals surface area contributed by atoms with E-state index in [1.807, 2.05) is 0 Å². The Morgan fingerprint density at radius 3 is 2.67 bits per heavy atom. The summed E-state index contributed by atoms with van der Waals surface area (Å²) in [6.45, 7) is 4.19. The standard InChI is InChI=1S/C8H16N2O2/c1-6(2)7-4-3-5-8(9-7)10(11)12/h6-9H,3-5H2,1-2H3. The van der Waals surface area contributed by atoms with Gasteiger partial charge >= 0.3 is 0 Å². The number of rotatable bonds is 2. The summed E-state index contributed by atoms with van der Waals surface area (Å²) in [5.74, 6) is 0.493. The van der Waals surface area contributed by atoms with Crippen LogP contribution in [0.25, 0.3) is 0 Å². The number of hydrogen-bond acceptors (Lipinski definition) is 3. The summed E-state index contributed by atoms with van der Waals surface area (Å²) in [6, 6.07) is 0.328. The number of nitrogens with zero attached hydrogens (tertiary/aromatic N) is 1. The van der Waals surface area contributed by atoms with Crippen LogP contribution in [0.2, 0.25) is 0 Å². The third kappa shape index (κ3) is 2.17. The second-order valence-corrected chi connectivity index (χ2v) is 3.75. The van der Waals surface area contributed by atoms with E-state index in [2.05, 4.69) is 19.2 Å². The molecule has 2 unspecified atom stereocenters. The molecule has 0 bridgehead atoms. The maximum Gasteiger partial charge on any atom is 0.266 e. The molecule has 0 aliphatic carbocycles. The van der Waals surface area contributed by atoms with Gasteiger partial charge in [0.15, 0.2) is 0 Å². The first kappa shape index (κ1) is 9.45. The fraction of sp³-hybridized carbons (Fsp3) is 1.00. The molecule has 0 aromatic heterocycles. The van der Waals surface area contributed by atoms with E-state index >= 15 is 0 Å². The predicted octanol–water partition coefficient (Wildman–Crippen LogP) is 1.39. The van der Waals surface area contributed by atoms with Crippen molar-refractivity contribution in [1.29, 1.82) is 0 Å². The first-order valence-electron chi connectivity index (χ1n) is 4.51. The highest BCUT2D eigenvalue weighted by Crippen LogP contribution is 2.18. The molecule has 1 heterocycles. The lowest BCUT2D eigenvalue weighted by Crippen LogP contribution is -2.48. The molecule has 0 aromatic rings. The zero-order valence-electron chi connectivity index (χ0n) is 7.62. The third-order valence-corrected chi connectivity index (χ3v) is 2.46. The van der Waals surface area contributed by atoms with E-state index in [0.29, 0.717) is 18.4 Å². The van der Waals surface area contributed by atoms with Crippen molar-refractivity contribution in [3.05, 3.63) is 10.1 Å². The molecule has 1 N–H and O–H groups in total. The summed E-state index contributed by atoms with van der Waals surface area (Å²) in [7, 11) is 0. The Hall–Kier alpha value is -0.640. The molecule has 0 spiro atoms. The van der Waals surface area contributed by atoms with Gasteiger partial charge in [-0.05, 0) is 18.8 Å². The van der Waals surface area contributed by atoms with Crippen molar-refractivity contribution in [2.75, 3.05) is 0 Å². The molecule has 1 fully saturated rings. The molecular weight excluding hydrogens is 156 g/mol. The monoisotopic (exact) mass is 172 g/mol. The molecule has 1 aliphatic rings. The molecule has 12 heavy (non-hydrogen) atoms. The van der Waals surface area contributed by atoms with Crippen molar-refractivity contribution in [2.45, 2.75) is 45.3 Å². The zero-order valence-corrected chi connectivity index (χ0v) is 7.62. The highest BCUT2D eigenvalue weighted by molar-refractivity contribution is 4.77. The van der Waals surface area contributed by atoms with E-state index in [0.717, 1.165) is 12.8 Å². The molecule has 1 aliphatic heterocycles.